The second kappa shape index (κ2) is 11.2. The van der Waals surface area contributed by atoms with Gasteiger partial charge in [-0.05, 0) is 81.1 Å². The summed E-state index contributed by atoms with van der Waals surface area (Å²) in [7, 11) is 0. The van der Waals surface area contributed by atoms with Crippen molar-refractivity contribution in [3.05, 3.63) is 82.0 Å². The molecule has 0 saturated carbocycles. The SMILES string of the molecule is CCCCOc1ccc(C2C(C(=O)c3ccc(C)o3)=C(O)C(=O)N2c2nc3c(C)cc(C)cc3s2)cc1OCC. The second-order valence-corrected chi connectivity index (χ2v) is 10.9. The molecule has 2 aromatic heterocycles. The highest BCUT2D eigenvalue weighted by molar-refractivity contribution is 7.22. The number of fused-ring (bicyclic) bond motifs is 1. The number of amides is 1. The van der Waals surface area contributed by atoms with E-state index in [2.05, 4.69) is 6.92 Å². The number of anilines is 1. The molecule has 1 amide bonds. The van der Waals surface area contributed by atoms with Crippen molar-refractivity contribution >= 4 is 38.4 Å². The van der Waals surface area contributed by atoms with Gasteiger partial charge in [-0.2, -0.15) is 0 Å². The summed E-state index contributed by atoms with van der Waals surface area (Å²) >= 11 is 1.34. The number of aliphatic hydroxyl groups excluding tert-OH is 1. The molecule has 0 saturated heterocycles. The van der Waals surface area contributed by atoms with Gasteiger partial charge in [-0.25, -0.2) is 4.98 Å². The number of aromatic nitrogens is 1. The Kier molecular flexibility index (Phi) is 7.67. The van der Waals surface area contributed by atoms with Gasteiger partial charge in [0.25, 0.3) is 5.91 Å². The smallest absolute Gasteiger partial charge is 0.296 e. The first-order valence-corrected chi connectivity index (χ1v) is 14.2. The number of hydrogen-bond donors (Lipinski definition) is 1. The molecule has 1 unspecified atom stereocenters. The van der Waals surface area contributed by atoms with Crippen molar-refractivity contribution in [3.8, 4) is 11.5 Å². The standard InChI is InChI=1S/C31H32N2O6S/c1-6-8-13-38-21-12-10-20(16-23(21)37-7-2)27-25(28(34)22-11-9-19(5)39-22)29(35)30(36)33(27)31-32-26-18(4)14-17(3)15-24(26)40-31/h9-12,14-16,27,35H,6-8,13H2,1-5H3. The first-order chi connectivity index (χ1) is 19.2. The minimum absolute atomic E-state index is 0.0408. The number of rotatable bonds is 10. The average Bonchev–Trinajstić information content (AvgIpc) is 3.61. The number of ketones is 1. The Hall–Kier alpha value is -4.11. The number of hydrogen-bond acceptors (Lipinski definition) is 8. The fourth-order valence-electron chi connectivity index (χ4n) is 4.91. The highest BCUT2D eigenvalue weighted by atomic mass is 32.1. The van der Waals surface area contributed by atoms with Crippen LogP contribution in [0.5, 0.6) is 11.5 Å². The van der Waals surface area contributed by atoms with Crippen LogP contribution in [0.25, 0.3) is 10.2 Å². The van der Waals surface area contributed by atoms with Crippen LogP contribution in [0.15, 0.2) is 58.2 Å². The Bertz CT molecular complexity index is 1630. The number of nitrogens with zero attached hydrogens (tertiary/aromatic N) is 2. The quantitative estimate of drug-likeness (QED) is 0.162. The molecule has 1 atom stereocenters. The minimum Gasteiger partial charge on any atom is -0.503 e. The third-order valence-corrected chi connectivity index (χ3v) is 7.78. The van der Waals surface area contributed by atoms with E-state index in [0.29, 0.717) is 41.2 Å². The summed E-state index contributed by atoms with van der Waals surface area (Å²) in [5.74, 6) is -0.246. The van der Waals surface area contributed by atoms with Crippen LogP contribution in [0.3, 0.4) is 0 Å². The van der Waals surface area contributed by atoms with Crippen molar-refractivity contribution in [2.45, 2.75) is 53.5 Å². The maximum Gasteiger partial charge on any atom is 0.296 e. The minimum atomic E-state index is -0.962. The van der Waals surface area contributed by atoms with Crippen molar-refractivity contribution in [2.75, 3.05) is 18.1 Å². The van der Waals surface area contributed by atoms with E-state index in [1.807, 2.05) is 32.9 Å². The van der Waals surface area contributed by atoms with Crippen LogP contribution in [-0.4, -0.2) is 35.0 Å². The number of carbonyl (C=O) groups excluding carboxylic acids is 2. The second-order valence-electron chi connectivity index (χ2n) is 9.85. The lowest BCUT2D eigenvalue weighted by molar-refractivity contribution is -0.117. The van der Waals surface area contributed by atoms with Gasteiger partial charge in [0, 0.05) is 0 Å². The number of aryl methyl sites for hydroxylation is 3. The number of Topliss-reactive ketones (excluding diaryl/α,β-unsaturated/α-hetero) is 1. The fraction of sp³-hybridized carbons (Fsp3) is 0.323. The topological polar surface area (TPSA) is 102 Å². The van der Waals surface area contributed by atoms with Crippen LogP contribution in [0.2, 0.25) is 0 Å². The molecule has 1 N–H and O–H groups in total. The molecule has 0 aliphatic carbocycles. The summed E-state index contributed by atoms with van der Waals surface area (Å²) in [5, 5.41) is 11.5. The van der Waals surface area contributed by atoms with Crippen LogP contribution in [-0.2, 0) is 4.79 Å². The molecule has 0 bridgehead atoms. The van der Waals surface area contributed by atoms with Gasteiger partial charge in [-0.3, -0.25) is 14.5 Å². The zero-order chi connectivity index (χ0) is 28.6. The summed E-state index contributed by atoms with van der Waals surface area (Å²) in [6, 6.07) is 11.6. The molecule has 3 heterocycles. The van der Waals surface area contributed by atoms with Crippen molar-refractivity contribution < 1.29 is 28.6 Å². The number of aliphatic hydroxyl groups is 1. The van der Waals surface area contributed by atoms with Gasteiger partial charge >= 0.3 is 0 Å². The van der Waals surface area contributed by atoms with Crippen molar-refractivity contribution in [1.29, 1.82) is 0 Å². The number of ether oxygens (including phenoxy) is 2. The zero-order valence-electron chi connectivity index (χ0n) is 23.2. The van der Waals surface area contributed by atoms with Crippen LogP contribution >= 0.6 is 11.3 Å². The molecule has 40 heavy (non-hydrogen) atoms. The van der Waals surface area contributed by atoms with Crippen molar-refractivity contribution in [1.82, 2.24) is 4.98 Å². The van der Waals surface area contributed by atoms with E-state index < -0.39 is 23.5 Å². The van der Waals surface area contributed by atoms with E-state index in [-0.39, 0.29) is 11.3 Å². The maximum atomic E-state index is 13.7. The summed E-state index contributed by atoms with van der Waals surface area (Å²) in [5.41, 5.74) is 3.32. The molecule has 9 heteroatoms. The number of benzene rings is 2. The van der Waals surface area contributed by atoms with Gasteiger partial charge in [-0.15, -0.1) is 0 Å². The highest BCUT2D eigenvalue weighted by Gasteiger charge is 2.47. The first kappa shape index (κ1) is 27.5. The Morgan fingerprint density at radius 2 is 1.88 bits per heavy atom. The lowest BCUT2D eigenvalue weighted by Crippen LogP contribution is -2.31. The van der Waals surface area contributed by atoms with Crippen LogP contribution in [0.1, 0.15) is 65.7 Å². The molecule has 208 valence electrons. The molecular formula is C31H32N2O6S. The van der Waals surface area contributed by atoms with Crippen molar-refractivity contribution in [2.24, 2.45) is 0 Å². The molecule has 1 aliphatic rings. The highest BCUT2D eigenvalue weighted by Crippen LogP contribution is 2.46. The summed E-state index contributed by atoms with van der Waals surface area (Å²) in [4.78, 5) is 33.6. The number of unbranched alkanes of at least 4 members (excludes halogenated alkanes) is 1. The summed E-state index contributed by atoms with van der Waals surface area (Å²) < 4.78 is 18.4. The fourth-order valence-corrected chi connectivity index (χ4v) is 6.08. The molecule has 0 fully saturated rings. The molecule has 1 aliphatic heterocycles. The van der Waals surface area contributed by atoms with Gasteiger partial charge < -0.3 is 19.0 Å². The molecule has 0 spiro atoms. The average molecular weight is 561 g/mol. The third kappa shape index (κ3) is 4.97. The van der Waals surface area contributed by atoms with Gasteiger partial charge in [0.05, 0.1) is 35.0 Å². The zero-order valence-corrected chi connectivity index (χ0v) is 24.1. The predicted molar refractivity (Wildman–Crippen MR) is 155 cm³/mol. The van der Waals surface area contributed by atoms with E-state index >= 15 is 0 Å². The van der Waals surface area contributed by atoms with E-state index in [4.69, 9.17) is 18.9 Å². The number of furan rings is 1. The normalized spacial score (nSPS) is 15.4. The Morgan fingerprint density at radius 3 is 2.58 bits per heavy atom. The van der Waals surface area contributed by atoms with Gasteiger partial charge in [0.15, 0.2) is 28.1 Å². The Morgan fingerprint density at radius 1 is 1.07 bits per heavy atom. The molecule has 0 radical (unpaired) electrons. The van der Waals surface area contributed by atoms with Crippen molar-refractivity contribution in [3.63, 3.8) is 0 Å². The first-order valence-electron chi connectivity index (χ1n) is 13.4. The molecule has 4 aromatic rings. The van der Waals surface area contributed by atoms with Gasteiger partial charge in [0.2, 0.25) is 5.78 Å². The van der Waals surface area contributed by atoms with E-state index in [1.165, 1.54) is 16.2 Å². The maximum absolute atomic E-state index is 13.7. The largest absolute Gasteiger partial charge is 0.503 e. The van der Waals surface area contributed by atoms with Crippen LogP contribution in [0, 0.1) is 20.8 Å². The van der Waals surface area contributed by atoms with Crippen LogP contribution < -0.4 is 14.4 Å². The molecule has 5 rings (SSSR count). The number of carbonyl (C=O) groups is 2. The molecule has 2 aromatic carbocycles. The Labute approximate surface area is 236 Å². The summed E-state index contributed by atoms with van der Waals surface area (Å²) in [6.07, 6.45) is 1.89. The van der Waals surface area contributed by atoms with Gasteiger partial charge in [-0.1, -0.05) is 36.8 Å². The predicted octanol–water partition coefficient (Wildman–Crippen LogP) is 7.18. The Balaban J connectivity index is 1.66. The van der Waals surface area contributed by atoms with Crippen LogP contribution in [0.4, 0.5) is 5.13 Å². The number of thiazole rings is 1. The lowest BCUT2D eigenvalue weighted by Gasteiger charge is -2.25. The monoisotopic (exact) mass is 560 g/mol. The van der Waals surface area contributed by atoms with E-state index in [1.54, 1.807) is 37.3 Å². The van der Waals surface area contributed by atoms with E-state index in [0.717, 1.165) is 34.2 Å². The summed E-state index contributed by atoms with van der Waals surface area (Å²) in [6.45, 7) is 10.6. The molecule has 8 nitrogen and oxygen atoms in total. The molecular weight excluding hydrogens is 528 g/mol. The van der Waals surface area contributed by atoms with E-state index in [9.17, 15) is 14.7 Å². The van der Waals surface area contributed by atoms with Gasteiger partial charge in [0.1, 0.15) is 5.76 Å². The third-order valence-electron chi connectivity index (χ3n) is 6.78. The lowest BCUT2D eigenvalue weighted by atomic mass is 9.95.